The summed E-state index contributed by atoms with van der Waals surface area (Å²) in [5.74, 6) is -0.747. The molecule has 11 nitrogen and oxygen atoms in total. The number of aryl methyl sites for hydroxylation is 1. The van der Waals surface area contributed by atoms with Gasteiger partial charge in [-0.15, -0.1) is 11.3 Å². The van der Waals surface area contributed by atoms with E-state index in [1.807, 2.05) is 19.2 Å². The van der Waals surface area contributed by atoms with Crippen molar-refractivity contribution in [2.75, 3.05) is 5.32 Å². The van der Waals surface area contributed by atoms with Crippen molar-refractivity contribution in [3.05, 3.63) is 64.1 Å². The highest BCUT2D eigenvalue weighted by atomic mass is 32.1. The number of aromatic amines is 1. The quantitative estimate of drug-likeness (QED) is 0.331. The van der Waals surface area contributed by atoms with E-state index in [1.54, 1.807) is 6.92 Å². The monoisotopic (exact) mass is 496 g/mol. The van der Waals surface area contributed by atoms with Gasteiger partial charge >= 0.3 is 5.97 Å². The lowest BCUT2D eigenvalue weighted by molar-refractivity contribution is -0.136. The molecule has 0 saturated carbocycles. The Morgan fingerprint density at radius 3 is 2.80 bits per heavy atom. The zero-order valence-corrected chi connectivity index (χ0v) is 19.8. The van der Waals surface area contributed by atoms with Crippen LogP contribution >= 0.6 is 11.3 Å². The number of nitrogens with zero attached hydrogens (tertiary/aromatic N) is 6. The van der Waals surface area contributed by atoms with Crippen LogP contribution in [0.4, 0.5) is 10.2 Å². The highest BCUT2D eigenvalue weighted by molar-refractivity contribution is 7.15. The van der Waals surface area contributed by atoms with Gasteiger partial charge in [0, 0.05) is 29.3 Å². The van der Waals surface area contributed by atoms with Gasteiger partial charge in [0.15, 0.2) is 16.4 Å². The van der Waals surface area contributed by atoms with Crippen LogP contribution in [0.3, 0.4) is 0 Å². The Morgan fingerprint density at radius 1 is 1.31 bits per heavy atom. The van der Waals surface area contributed by atoms with Crippen molar-refractivity contribution in [1.29, 1.82) is 0 Å². The zero-order chi connectivity index (χ0) is 25.1. The number of pyridine rings is 1. The number of thiazole rings is 1. The van der Waals surface area contributed by atoms with Gasteiger partial charge < -0.3 is 15.4 Å². The maximum absolute atomic E-state index is 13.9. The van der Waals surface area contributed by atoms with E-state index in [9.17, 15) is 14.0 Å². The fourth-order valence-corrected chi connectivity index (χ4v) is 4.24. The number of aliphatic carboxylic acids is 1. The molecule has 35 heavy (non-hydrogen) atoms. The number of carboxylic acid groups (broad SMARTS) is 1. The number of halogens is 1. The van der Waals surface area contributed by atoms with Crippen LogP contribution in [0, 0.1) is 12.7 Å². The summed E-state index contributed by atoms with van der Waals surface area (Å²) in [5, 5.41) is 12.8. The lowest BCUT2D eigenvalue weighted by Crippen LogP contribution is -2.23. The predicted molar refractivity (Wildman–Crippen MR) is 129 cm³/mol. The summed E-state index contributed by atoms with van der Waals surface area (Å²) in [4.78, 5) is 47.4. The number of carbonyl (C=O) groups is 1. The number of hydrogen-bond acceptors (Lipinski definition) is 9. The first-order valence-electron chi connectivity index (χ1n) is 10.5. The number of imidazole rings is 1. The number of anilines is 1. The van der Waals surface area contributed by atoms with Gasteiger partial charge in [0.05, 0.1) is 29.8 Å². The topological polar surface area (TPSA) is 151 Å². The third-order valence-electron chi connectivity index (χ3n) is 5.05. The average molecular weight is 497 g/mol. The standard InChI is InChI=1S/C19H15FN8OS.C3H6O2/c1-9-6-30-19-27-14(10(2)26-17-15-16(23-7-22-15)24-8-25-17)13(18(29)28(9)19)11-3-12(20)5-21-4-11;1-2-3(4)5/h3-8,10H,1-2H3,(H2,22,23,24,25,26);2H2,1H3,(H,4,5). The van der Waals surface area contributed by atoms with E-state index in [-0.39, 0.29) is 17.5 Å². The summed E-state index contributed by atoms with van der Waals surface area (Å²) >= 11 is 1.37. The van der Waals surface area contributed by atoms with Crippen LogP contribution in [-0.4, -0.2) is 45.4 Å². The van der Waals surface area contributed by atoms with E-state index >= 15 is 0 Å². The Labute approximate surface area is 201 Å². The maximum Gasteiger partial charge on any atom is 0.303 e. The highest BCUT2D eigenvalue weighted by Gasteiger charge is 2.22. The molecular weight excluding hydrogens is 475 g/mol. The van der Waals surface area contributed by atoms with Crippen molar-refractivity contribution in [3.8, 4) is 11.1 Å². The molecule has 0 radical (unpaired) electrons. The van der Waals surface area contributed by atoms with Crippen molar-refractivity contribution in [2.45, 2.75) is 33.2 Å². The van der Waals surface area contributed by atoms with E-state index in [1.165, 1.54) is 40.7 Å². The largest absolute Gasteiger partial charge is 0.481 e. The smallest absolute Gasteiger partial charge is 0.303 e. The molecule has 0 aliphatic rings. The minimum Gasteiger partial charge on any atom is -0.481 e. The normalized spacial score (nSPS) is 11.8. The molecular formula is C22H21FN8O3S. The molecule has 1 atom stereocenters. The fraction of sp³-hybridized carbons (Fsp3) is 0.227. The Morgan fingerprint density at radius 2 is 2.09 bits per heavy atom. The van der Waals surface area contributed by atoms with E-state index < -0.39 is 17.8 Å². The van der Waals surface area contributed by atoms with Crippen LogP contribution in [0.2, 0.25) is 0 Å². The Kier molecular flexibility index (Phi) is 6.78. The first kappa shape index (κ1) is 23.9. The molecule has 0 spiro atoms. The molecule has 0 fully saturated rings. The van der Waals surface area contributed by atoms with Crippen LogP contribution in [0.5, 0.6) is 0 Å². The van der Waals surface area contributed by atoms with Crippen molar-refractivity contribution in [2.24, 2.45) is 0 Å². The van der Waals surface area contributed by atoms with Crippen LogP contribution in [0.1, 0.15) is 37.7 Å². The lowest BCUT2D eigenvalue weighted by Gasteiger charge is -2.18. The molecule has 0 aromatic carbocycles. The van der Waals surface area contributed by atoms with Crippen molar-refractivity contribution >= 4 is 39.2 Å². The molecule has 0 aliphatic heterocycles. The first-order chi connectivity index (χ1) is 16.8. The summed E-state index contributed by atoms with van der Waals surface area (Å²) in [6.07, 6.45) is 5.72. The number of rotatable bonds is 5. The second-order valence-electron chi connectivity index (χ2n) is 7.50. The third-order valence-corrected chi connectivity index (χ3v) is 5.99. The summed E-state index contributed by atoms with van der Waals surface area (Å²) < 4.78 is 15.4. The minimum absolute atomic E-state index is 0.222. The zero-order valence-electron chi connectivity index (χ0n) is 19.0. The number of nitrogens with one attached hydrogen (secondary N) is 2. The number of aromatic nitrogens is 7. The summed E-state index contributed by atoms with van der Waals surface area (Å²) in [6, 6.07) is 0.859. The average Bonchev–Trinajstić information content (AvgIpc) is 3.46. The molecule has 5 aromatic heterocycles. The van der Waals surface area contributed by atoms with Gasteiger partial charge in [-0.05, 0) is 19.9 Å². The Hall–Kier alpha value is -4.26. The molecule has 180 valence electrons. The predicted octanol–water partition coefficient (Wildman–Crippen LogP) is 3.59. The maximum atomic E-state index is 13.9. The second-order valence-corrected chi connectivity index (χ2v) is 8.34. The number of carboxylic acids is 1. The molecule has 0 amide bonds. The molecule has 13 heteroatoms. The van der Waals surface area contributed by atoms with Gasteiger partial charge in [-0.25, -0.2) is 24.3 Å². The van der Waals surface area contributed by atoms with Crippen LogP contribution in [0.15, 0.2) is 41.3 Å². The van der Waals surface area contributed by atoms with Gasteiger partial charge in [0.1, 0.15) is 17.7 Å². The first-order valence-corrected chi connectivity index (χ1v) is 11.4. The number of hydrogen-bond donors (Lipinski definition) is 3. The van der Waals surface area contributed by atoms with E-state index in [4.69, 9.17) is 10.1 Å². The van der Waals surface area contributed by atoms with Crippen molar-refractivity contribution < 1.29 is 14.3 Å². The van der Waals surface area contributed by atoms with E-state index in [0.717, 1.165) is 11.9 Å². The molecule has 5 rings (SSSR count). The third kappa shape index (κ3) is 4.84. The SMILES string of the molecule is CCC(=O)O.Cc1csc2nc(C(C)Nc3ncnc4nc[nH]c34)c(-c3cncc(F)c3)c(=O)n12. The molecule has 1 unspecified atom stereocenters. The van der Waals surface area contributed by atoms with Gasteiger partial charge in [-0.1, -0.05) is 6.92 Å². The minimum atomic E-state index is -0.745. The number of H-pyrrole nitrogens is 1. The lowest BCUT2D eigenvalue weighted by atomic mass is 10.0. The molecule has 5 heterocycles. The summed E-state index contributed by atoms with van der Waals surface area (Å²) in [5.41, 5.74) is 2.78. The van der Waals surface area contributed by atoms with Crippen LogP contribution in [-0.2, 0) is 4.79 Å². The highest BCUT2D eigenvalue weighted by Crippen LogP contribution is 2.29. The summed E-state index contributed by atoms with van der Waals surface area (Å²) in [6.45, 7) is 5.29. The van der Waals surface area contributed by atoms with E-state index in [0.29, 0.717) is 33.2 Å². The molecule has 0 bridgehead atoms. The van der Waals surface area contributed by atoms with Crippen LogP contribution < -0.4 is 10.9 Å². The Bertz CT molecular complexity index is 1580. The summed E-state index contributed by atoms with van der Waals surface area (Å²) in [7, 11) is 0. The van der Waals surface area contributed by atoms with Gasteiger partial charge in [-0.3, -0.25) is 19.0 Å². The molecule has 0 aliphatic carbocycles. The molecule has 5 aromatic rings. The van der Waals surface area contributed by atoms with Crippen molar-refractivity contribution in [1.82, 2.24) is 34.3 Å². The van der Waals surface area contributed by atoms with Gasteiger partial charge in [0.25, 0.3) is 5.56 Å². The fourth-order valence-electron chi connectivity index (χ4n) is 3.38. The molecule has 0 saturated heterocycles. The second kappa shape index (κ2) is 9.93. The van der Waals surface area contributed by atoms with E-state index in [2.05, 4.69) is 30.2 Å². The van der Waals surface area contributed by atoms with Crippen LogP contribution in [0.25, 0.3) is 27.3 Å². The van der Waals surface area contributed by atoms with Crippen molar-refractivity contribution in [3.63, 3.8) is 0 Å². The van der Waals surface area contributed by atoms with Gasteiger partial charge in [0.2, 0.25) is 0 Å². The molecule has 3 N–H and O–H groups in total. The Balaban J connectivity index is 0.000000527. The number of fused-ring (bicyclic) bond motifs is 2. The van der Waals surface area contributed by atoms with Gasteiger partial charge in [-0.2, -0.15) is 0 Å².